The van der Waals surface area contributed by atoms with Gasteiger partial charge in [-0.05, 0) is 76.2 Å². The fourth-order valence-corrected chi connectivity index (χ4v) is 3.21. The summed E-state index contributed by atoms with van der Waals surface area (Å²) < 4.78 is 38.2. The summed E-state index contributed by atoms with van der Waals surface area (Å²) in [6, 6.07) is -1.16. The van der Waals surface area contributed by atoms with Crippen LogP contribution in [0.15, 0.2) is 0 Å². The molecule has 0 amide bonds. The van der Waals surface area contributed by atoms with Gasteiger partial charge in [-0.15, -0.1) is 0 Å². The molecule has 0 saturated carbocycles. The monoisotopic (exact) mass is 914 g/mol. The Labute approximate surface area is 366 Å². The SMILES string of the molecule is C.CC(=O)OC(C)(C)C.COC(=O)[C@@H](O)[C@@H](C)O.COC(=O)[C@@H](OC)[C@@H](C)OC.CO[C@H](C(=O)CC(=O)OC(C)(C)C)[C@@H](C)OC.C[C@@H](O)[C@H](N)C(=O)O.C[C@@H](O)[C@H](O)C(=O)O. The zero-order chi connectivity index (χ0) is 50.2. The molecule has 23 heteroatoms. The maximum absolute atomic E-state index is 11.8. The van der Waals surface area contributed by atoms with E-state index in [0.717, 1.165) is 7.11 Å². The molecule has 62 heavy (non-hydrogen) atoms. The van der Waals surface area contributed by atoms with Gasteiger partial charge in [0.05, 0.1) is 44.7 Å². The number of methoxy groups -OCH3 is 6. The van der Waals surface area contributed by atoms with Crippen LogP contribution in [0.2, 0.25) is 0 Å². The maximum atomic E-state index is 11.8. The molecule has 372 valence electrons. The predicted molar refractivity (Wildman–Crippen MR) is 223 cm³/mol. The van der Waals surface area contributed by atoms with Crippen molar-refractivity contribution in [3.05, 3.63) is 0 Å². The molecule has 0 unspecified atom stereocenters. The Bertz CT molecular complexity index is 1200. The fourth-order valence-electron chi connectivity index (χ4n) is 3.21. The summed E-state index contributed by atoms with van der Waals surface area (Å²) in [4.78, 5) is 74.3. The number of aliphatic hydroxyl groups excluding tert-OH is 5. The number of carbonyl (C=O) groups excluding carboxylic acids is 5. The first kappa shape index (κ1) is 72.5. The van der Waals surface area contributed by atoms with Crippen LogP contribution in [0.5, 0.6) is 0 Å². The van der Waals surface area contributed by atoms with Crippen molar-refractivity contribution in [2.45, 2.75) is 169 Å². The molecule has 0 spiro atoms. The second kappa shape index (κ2) is 38.7. The highest BCUT2D eigenvalue weighted by molar-refractivity contribution is 5.98. The van der Waals surface area contributed by atoms with E-state index in [9.17, 15) is 33.6 Å². The summed E-state index contributed by atoms with van der Waals surface area (Å²) in [5.74, 6) is -4.92. The zero-order valence-corrected chi connectivity index (χ0v) is 38.8. The van der Waals surface area contributed by atoms with Crippen molar-refractivity contribution in [1.29, 1.82) is 0 Å². The molecule has 10 atom stereocenters. The topological polar surface area (TPSA) is 361 Å². The van der Waals surface area contributed by atoms with E-state index < -0.39 is 90.3 Å². The third-order valence-corrected chi connectivity index (χ3v) is 6.46. The zero-order valence-electron chi connectivity index (χ0n) is 38.8. The van der Waals surface area contributed by atoms with Crippen molar-refractivity contribution in [3.63, 3.8) is 0 Å². The lowest BCUT2D eigenvalue weighted by Gasteiger charge is -2.22. The minimum absolute atomic E-state index is 0. The standard InChI is InChI=1S/C12H22O5.C7H14O4.C6H12O2.C5H10O4.C4H9NO3.C4H8O4.CH4/c1-8(15-5)11(16-6)9(13)7-10(14)17-12(2,3)4;1-5(9-2)6(10-3)7(8)11-4;1-5(7)8-6(2,3)4;1-3(6)4(7)5(8)9-2;1-2(6)3(5)4(7)8;1-2(5)3(6)4(7)8;/h8,11H,7H2,1-6H3;5-6H,1-4H3;1-4H3;3-4,6-7H,1-2H3;2-3,6H,5H2,1H3,(H,7,8);2-3,5-6H,1H3,(H,7,8);1H4/t8-,11+;5-,6+;;3-,4+;2*2-,3+;/m11.111./s1. The lowest BCUT2D eigenvalue weighted by atomic mass is 10.1. The maximum Gasteiger partial charge on any atom is 0.337 e. The lowest BCUT2D eigenvalue weighted by Crippen LogP contribution is -2.39. The van der Waals surface area contributed by atoms with E-state index in [1.54, 1.807) is 34.6 Å². The number of ketones is 1. The van der Waals surface area contributed by atoms with Gasteiger partial charge < -0.3 is 79.4 Å². The minimum Gasteiger partial charge on any atom is -0.480 e. The highest BCUT2D eigenvalue weighted by Crippen LogP contribution is 2.11. The van der Waals surface area contributed by atoms with Gasteiger partial charge in [0, 0.05) is 35.4 Å². The van der Waals surface area contributed by atoms with E-state index in [1.165, 1.54) is 63.2 Å². The number of carboxylic acids is 2. The molecule has 0 aliphatic heterocycles. The molecule has 0 aromatic carbocycles. The average Bonchev–Trinajstić information content (AvgIpc) is 3.12. The van der Waals surface area contributed by atoms with Gasteiger partial charge in [0.25, 0.3) is 0 Å². The molecule has 0 aromatic heterocycles. The van der Waals surface area contributed by atoms with Gasteiger partial charge in [-0.25, -0.2) is 14.4 Å². The summed E-state index contributed by atoms with van der Waals surface area (Å²) in [6.45, 7) is 19.5. The number of Topliss-reactive ketones (excluding diaryl/α,β-unsaturated/α-hetero) is 1. The molecule has 0 aliphatic rings. The number of aliphatic hydroxyl groups is 5. The van der Waals surface area contributed by atoms with E-state index in [0.29, 0.717) is 0 Å². The number of hydrogen-bond acceptors (Lipinski definition) is 21. The van der Waals surface area contributed by atoms with Crippen LogP contribution in [-0.2, 0) is 71.5 Å². The van der Waals surface area contributed by atoms with E-state index in [4.69, 9.17) is 69.9 Å². The third kappa shape index (κ3) is 44.2. The van der Waals surface area contributed by atoms with Gasteiger partial charge in [-0.3, -0.25) is 19.2 Å². The van der Waals surface area contributed by atoms with Crippen molar-refractivity contribution < 1.29 is 107 Å². The van der Waals surface area contributed by atoms with Crippen molar-refractivity contribution >= 4 is 41.6 Å². The molecular weight excluding hydrogens is 834 g/mol. The molecule has 0 fully saturated rings. The summed E-state index contributed by atoms with van der Waals surface area (Å²) >= 11 is 0. The number of carbonyl (C=O) groups is 7. The smallest absolute Gasteiger partial charge is 0.337 e. The Balaban J connectivity index is -0.000000120. The van der Waals surface area contributed by atoms with Crippen LogP contribution in [0.4, 0.5) is 0 Å². The predicted octanol–water partition coefficient (Wildman–Crippen LogP) is 0.0235. The second-order valence-corrected chi connectivity index (χ2v) is 14.5. The summed E-state index contributed by atoms with van der Waals surface area (Å²) in [7, 11) is 8.31. The molecule has 0 heterocycles. The van der Waals surface area contributed by atoms with E-state index in [-0.39, 0.29) is 37.3 Å². The first-order valence-electron chi connectivity index (χ1n) is 18.3. The highest BCUT2D eigenvalue weighted by Gasteiger charge is 2.29. The summed E-state index contributed by atoms with van der Waals surface area (Å²) in [5.41, 5.74) is 3.99. The van der Waals surface area contributed by atoms with Crippen LogP contribution in [0.3, 0.4) is 0 Å². The number of hydrogen-bond donors (Lipinski definition) is 8. The molecule has 0 saturated heterocycles. The van der Waals surface area contributed by atoms with Crippen LogP contribution < -0.4 is 5.73 Å². The average molecular weight is 914 g/mol. The number of rotatable bonds is 16. The number of ether oxygens (including phenoxy) is 8. The van der Waals surface area contributed by atoms with Gasteiger partial charge in [0.15, 0.2) is 24.1 Å². The van der Waals surface area contributed by atoms with Crippen molar-refractivity contribution in [2.75, 3.05) is 42.7 Å². The quantitative estimate of drug-likeness (QED) is 0.0575. The molecule has 9 N–H and O–H groups in total. The molecular formula is C39H79NO22. The van der Waals surface area contributed by atoms with Crippen LogP contribution >= 0.6 is 0 Å². The largest absolute Gasteiger partial charge is 0.480 e. The molecule has 0 rings (SSSR count). The summed E-state index contributed by atoms with van der Waals surface area (Å²) in [5, 5.41) is 58.5. The Morgan fingerprint density at radius 1 is 0.532 bits per heavy atom. The Kier molecular flexibility index (Phi) is 45.3. The number of nitrogens with two attached hydrogens (primary N) is 1. The molecule has 0 bridgehead atoms. The highest BCUT2D eigenvalue weighted by atomic mass is 16.6. The number of aliphatic carboxylic acids is 2. The normalized spacial score (nSPS) is 15.2. The summed E-state index contributed by atoms with van der Waals surface area (Å²) in [6.07, 6.45) is -8.69. The van der Waals surface area contributed by atoms with Gasteiger partial charge in [-0.2, -0.15) is 0 Å². The van der Waals surface area contributed by atoms with Crippen molar-refractivity contribution in [1.82, 2.24) is 0 Å². The first-order chi connectivity index (χ1) is 27.5. The first-order valence-corrected chi connectivity index (χ1v) is 18.3. The lowest BCUT2D eigenvalue weighted by molar-refractivity contribution is -0.160. The van der Waals surface area contributed by atoms with Crippen molar-refractivity contribution in [2.24, 2.45) is 5.73 Å². The van der Waals surface area contributed by atoms with Gasteiger partial charge >= 0.3 is 35.8 Å². The van der Waals surface area contributed by atoms with E-state index in [1.807, 2.05) is 20.8 Å². The van der Waals surface area contributed by atoms with E-state index >= 15 is 0 Å². The van der Waals surface area contributed by atoms with Crippen LogP contribution in [0, 0.1) is 0 Å². The minimum atomic E-state index is -1.66. The van der Waals surface area contributed by atoms with Crippen molar-refractivity contribution in [3.8, 4) is 0 Å². The Morgan fingerprint density at radius 2 is 0.887 bits per heavy atom. The second-order valence-electron chi connectivity index (χ2n) is 14.5. The Hall–Kier alpha value is -3.91. The molecule has 23 nitrogen and oxygen atoms in total. The van der Waals surface area contributed by atoms with Gasteiger partial charge in [0.1, 0.15) is 29.8 Å². The third-order valence-electron chi connectivity index (χ3n) is 6.46. The Morgan fingerprint density at radius 3 is 1.05 bits per heavy atom. The van der Waals surface area contributed by atoms with Crippen LogP contribution in [0.25, 0.3) is 0 Å². The molecule has 0 radical (unpaired) electrons. The van der Waals surface area contributed by atoms with Gasteiger partial charge in [-0.1, -0.05) is 7.43 Å². The van der Waals surface area contributed by atoms with Gasteiger partial charge in [0.2, 0.25) is 0 Å². The van der Waals surface area contributed by atoms with Crippen LogP contribution in [0.1, 0.15) is 96.9 Å². The molecule has 0 aliphatic carbocycles. The van der Waals surface area contributed by atoms with Crippen LogP contribution in [-0.4, -0.2) is 192 Å². The number of esters is 4. The molecule has 0 aromatic rings. The fraction of sp³-hybridized carbons (Fsp3) is 0.821. The van der Waals surface area contributed by atoms with E-state index in [2.05, 4.69) is 9.47 Å². The number of carboxylic acid groups (broad SMARTS) is 2.